The van der Waals surface area contributed by atoms with E-state index in [0.717, 1.165) is 11.1 Å². The Balaban J connectivity index is 1.91. The summed E-state index contributed by atoms with van der Waals surface area (Å²) >= 11 is 0. The molecule has 0 saturated heterocycles. The first-order chi connectivity index (χ1) is 11.5. The van der Waals surface area contributed by atoms with Crippen molar-refractivity contribution in [1.29, 1.82) is 0 Å². The quantitative estimate of drug-likeness (QED) is 0.785. The molecule has 0 saturated carbocycles. The molecule has 2 heterocycles. The molecule has 3 aromatic rings. The number of aryl methyl sites for hydroxylation is 2. The van der Waals surface area contributed by atoms with Crippen molar-refractivity contribution in [1.82, 2.24) is 15.0 Å². The zero-order valence-electron chi connectivity index (χ0n) is 13.7. The van der Waals surface area contributed by atoms with Gasteiger partial charge in [-0.1, -0.05) is 6.07 Å². The predicted molar refractivity (Wildman–Crippen MR) is 86.6 cm³/mol. The number of rotatable bonds is 4. The van der Waals surface area contributed by atoms with Crippen LogP contribution in [0.25, 0.3) is 11.1 Å². The first kappa shape index (κ1) is 15.7. The number of carbonyl (C=O) groups excluding carboxylic acids is 1. The number of hydrogen-bond acceptors (Lipinski definition) is 7. The van der Waals surface area contributed by atoms with Gasteiger partial charge < -0.3 is 13.9 Å². The fourth-order valence-electron chi connectivity index (χ4n) is 2.30. The molecular formula is C16H16N4O4. The van der Waals surface area contributed by atoms with Gasteiger partial charge in [-0.3, -0.25) is 10.1 Å². The van der Waals surface area contributed by atoms with E-state index in [2.05, 4.69) is 20.3 Å². The van der Waals surface area contributed by atoms with Crippen molar-refractivity contribution >= 4 is 23.0 Å². The summed E-state index contributed by atoms with van der Waals surface area (Å²) in [5, 5.41) is 2.54. The fraction of sp³-hybridized carbons (Fsp3) is 0.250. The van der Waals surface area contributed by atoms with Crippen molar-refractivity contribution in [2.45, 2.75) is 13.8 Å². The van der Waals surface area contributed by atoms with E-state index >= 15 is 0 Å². The number of aromatic nitrogens is 3. The van der Waals surface area contributed by atoms with Crippen LogP contribution in [-0.4, -0.2) is 35.1 Å². The summed E-state index contributed by atoms with van der Waals surface area (Å²) in [6.45, 7) is 3.89. The third-order valence-corrected chi connectivity index (χ3v) is 3.34. The lowest BCUT2D eigenvalue weighted by atomic mass is 10.1. The molecule has 2 aromatic heterocycles. The van der Waals surface area contributed by atoms with E-state index in [4.69, 9.17) is 13.9 Å². The molecule has 8 heteroatoms. The van der Waals surface area contributed by atoms with Crippen LogP contribution in [0, 0.1) is 13.8 Å². The first-order valence-corrected chi connectivity index (χ1v) is 7.16. The molecule has 0 aliphatic rings. The Morgan fingerprint density at radius 3 is 2.33 bits per heavy atom. The fourth-order valence-corrected chi connectivity index (χ4v) is 2.30. The minimum Gasteiger partial charge on any atom is -0.481 e. The molecule has 0 unspecified atom stereocenters. The lowest BCUT2D eigenvalue weighted by Gasteiger charge is -2.05. The molecule has 1 amide bonds. The Morgan fingerprint density at radius 2 is 1.71 bits per heavy atom. The van der Waals surface area contributed by atoms with Crippen LogP contribution in [0.3, 0.4) is 0 Å². The topological polar surface area (TPSA) is 99.4 Å². The zero-order valence-corrected chi connectivity index (χ0v) is 13.7. The molecule has 24 heavy (non-hydrogen) atoms. The van der Waals surface area contributed by atoms with E-state index < -0.39 is 5.91 Å². The van der Waals surface area contributed by atoms with Crippen molar-refractivity contribution in [3.63, 3.8) is 0 Å². The van der Waals surface area contributed by atoms with Crippen LogP contribution in [0.15, 0.2) is 22.6 Å². The van der Waals surface area contributed by atoms with Gasteiger partial charge in [0.25, 0.3) is 5.91 Å². The second kappa shape index (κ2) is 6.15. The Bertz CT molecular complexity index is 898. The van der Waals surface area contributed by atoms with Crippen molar-refractivity contribution in [2.75, 3.05) is 19.5 Å². The Kier molecular flexibility index (Phi) is 4.03. The number of hydrogen-bond donors (Lipinski definition) is 1. The van der Waals surface area contributed by atoms with Gasteiger partial charge in [0.2, 0.25) is 17.6 Å². The zero-order chi connectivity index (χ0) is 17.3. The highest BCUT2D eigenvalue weighted by Gasteiger charge is 2.17. The van der Waals surface area contributed by atoms with Crippen LogP contribution >= 0.6 is 0 Å². The lowest BCUT2D eigenvalue weighted by molar-refractivity contribution is 0.101. The first-order valence-electron chi connectivity index (χ1n) is 7.16. The maximum absolute atomic E-state index is 12.3. The molecule has 1 N–H and O–H groups in total. The van der Waals surface area contributed by atoms with Gasteiger partial charge >= 0.3 is 6.01 Å². The van der Waals surface area contributed by atoms with Gasteiger partial charge in [0.05, 0.1) is 20.3 Å². The molecule has 8 nitrogen and oxygen atoms in total. The van der Waals surface area contributed by atoms with E-state index in [1.807, 2.05) is 26.0 Å². The summed E-state index contributed by atoms with van der Waals surface area (Å²) in [6.07, 6.45) is 0. The predicted octanol–water partition coefficient (Wildman–Crippen LogP) is 2.50. The third-order valence-electron chi connectivity index (χ3n) is 3.34. The lowest BCUT2D eigenvalue weighted by Crippen LogP contribution is -2.16. The van der Waals surface area contributed by atoms with Crippen LogP contribution in [-0.2, 0) is 0 Å². The van der Waals surface area contributed by atoms with Crippen LogP contribution in [0.2, 0.25) is 0 Å². The Labute approximate surface area is 137 Å². The highest BCUT2D eigenvalue weighted by atomic mass is 16.5. The molecule has 0 atom stereocenters. The number of benzene rings is 1. The van der Waals surface area contributed by atoms with Gasteiger partial charge in [0, 0.05) is 0 Å². The van der Waals surface area contributed by atoms with Crippen LogP contribution in [0.1, 0.15) is 21.7 Å². The smallest absolute Gasteiger partial charge is 0.302 e. The van der Waals surface area contributed by atoms with Gasteiger partial charge in [-0.05, 0) is 31.0 Å². The summed E-state index contributed by atoms with van der Waals surface area (Å²) < 4.78 is 15.6. The number of fused-ring (bicyclic) bond motifs is 1. The maximum atomic E-state index is 12.3. The minimum atomic E-state index is -0.576. The van der Waals surface area contributed by atoms with E-state index in [9.17, 15) is 4.79 Å². The minimum absolute atomic E-state index is 0.0779. The molecule has 0 bridgehead atoms. The Morgan fingerprint density at radius 1 is 1.04 bits per heavy atom. The number of ether oxygens (including phenoxy) is 2. The van der Waals surface area contributed by atoms with Crippen molar-refractivity contribution < 1.29 is 18.7 Å². The third kappa shape index (κ3) is 2.98. The average molecular weight is 328 g/mol. The normalized spacial score (nSPS) is 10.7. The SMILES string of the molecule is COc1cc(OC)nc(C(=O)Nc2nc3cc(C)cc(C)c3o2)n1. The molecule has 0 radical (unpaired) electrons. The molecule has 1 aromatic carbocycles. The van der Waals surface area contributed by atoms with Crippen molar-refractivity contribution in [3.8, 4) is 11.8 Å². The maximum Gasteiger partial charge on any atom is 0.302 e. The summed E-state index contributed by atoms with van der Waals surface area (Å²) in [7, 11) is 2.88. The number of amides is 1. The average Bonchev–Trinajstić information content (AvgIpc) is 2.96. The standard InChI is InChI=1S/C16H16N4O4/c1-8-5-9(2)13-10(6-8)17-16(24-13)20-15(21)14-18-11(22-3)7-12(19-14)23-4/h5-7H,1-4H3,(H,17,20,21). The summed E-state index contributed by atoms with van der Waals surface area (Å²) in [4.78, 5) is 24.6. The number of nitrogens with zero attached hydrogens (tertiary/aromatic N) is 3. The van der Waals surface area contributed by atoms with Gasteiger partial charge in [0.15, 0.2) is 5.58 Å². The summed E-state index contributed by atoms with van der Waals surface area (Å²) in [6, 6.07) is 5.42. The van der Waals surface area contributed by atoms with Crippen LogP contribution in [0.4, 0.5) is 6.01 Å². The highest BCUT2D eigenvalue weighted by molar-refractivity contribution is 6.01. The van der Waals surface area contributed by atoms with Gasteiger partial charge in [-0.2, -0.15) is 15.0 Å². The molecule has 0 aliphatic heterocycles. The summed E-state index contributed by atoms with van der Waals surface area (Å²) in [5.74, 6) is -0.249. The van der Waals surface area contributed by atoms with E-state index in [-0.39, 0.29) is 23.6 Å². The van der Waals surface area contributed by atoms with Gasteiger partial charge in [0.1, 0.15) is 5.52 Å². The van der Waals surface area contributed by atoms with E-state index in [1.54, 1.807) is 0 Å². The summed E-state index contributed by atoms with van der Waals surface area (Å²) in [5.41, 5.74) is 3.30. The van der Waals surface area contributed by atoms with E-state index in [1.165, 1.54) is 20.3 Å². The highest BCUT2D eigenvalue weighted by Crippen LogP contribution is 2.24. The number of carbonyl (C=O) groups is 1. The second-order valence-electron chi connectivity index (χ2n) is 5.18. The number of anilines is 1. The molecule has 124 valence electrons. The van der Waals surface area contributed by atoms with Crippen molar-refractivity contribution in [3.05, 3.63) is 35.2 Å². The van der Waals surface area contributed by atoms with Crippen LogP contribution < -0.4 is 14.8 Å². The van der Waals surface area contributed by atoms with Gasteiger partial charge in [-0.15, -0.1) is 0 Å². The molecule has 0 aliphatic carbocycles. The molecule has 3 rings (SSSR count). The largest absolute Gasteiger partial charge is 0.481 e. The number of methoxy groups -OCH3 is 2. The van der Waals surface area contributed by atoms with Gasteiger partial charge in [-0.25, -0.2) is 0 Å². The molecule has 0 spiro atoms. The van der Waals surface area contributed by atoms with E-state index in [0.29, 0.717) is 11.1 Å². The molecule has 0 fully saturated rings. The Hall–Kier alpha value is -3.16. The molecular weight excluding hydrogens is 312 g/mol. The van der Waals surface area contributed by atoms with Crippen molar-refractivity contribution in [2.24, 2.45) is 0 Å². The second-order valence-corrected chi connectivity index (χ2v) is 5.18. The number of oxazole rings is 1. The monoisotopic (exact) mass is 328 g/mol. The van der Waals surface area contributed by atoms with Crippen LogP contribution in [0.5, 0.6) is 11.8 Å². The number of nitrogens with one attached hydrogen (secondary N) is 1.